The molecule has 7 heteroatoms. The predicted molar refractivity (Wildman–Crippen MR) is 84.3 cm³/mol. The number of hydrogen-bond donors (Lipinski definition) is 0. The van der Waals surface area contributed by atoms with Crippen LogP contribution in [0.15, 0.2) is 24.5 Å². The number of carbonyl (C=O) groups is 1. The maximum Gasteiger partial charge on any atom is 0.260 e. The lowest BCUT2D eigenvalue weighted by Crippen LogP contribution is -2.39. The highest BCUT2D eigenvalue weighted by molar-refractivity contribution is 6.35. The van der Waals surface area contributed by atoms with Gasteiger partial charge in [-0.15, -0.1) is 0 Å². The Morgan fingerprint density at radius 1 is 1.41 bits per heavy atom. The van der Waals surface area contributed by atoms with Gasteiger partial charge in [0.05, 0.1) is 29.3 Å². The smallest absolute Gasteiger partial charge is 0.260 e. The van der Waals surface area contributed by atoms with Gasteiger partial charge in [0.1, 0.15) is 5.75 Å². The standard InChI is InChI=1S/C15H15Cl2N3O2/c1-19-9-18-12-4-5-20(7-13(12)19)15(21)8-22-14-3-2-10(16)6-11(14)17/h2-3,6,9H,4-5,7-8H2,1H3. The quantitative estimate of drug-likeness (QED) is 0.863. The molecule has 0 N–H and O–H groups in total. The molecule has 116 valence electrons. The van der Waals surface area contributed by atoms with Crippen molar-refractivity contribution in [2.75, 3.05) is 13.2 Å². The van der Waals surface area contributed by atoms with Crippen molar-refractivity contribution in [3.63, 3.8) is 0 Å². The van der Waals surface area contributed by atoms with Crippen LogP contribution in [0.1, 0.15) is 11.4 Å². The second-order valence-electron chi connectivity index (χ2n) is 5.18. The fourth-order valence-electron chi connectivity index (χ4n) is 2.45. The van der Waals surface area contributed by atoms with Crippen molar-refractivity contribution < 1.29 is 9.53 Å². The second kappa shape index (κ2) is 6.18. The molecule has 1 aromatic carbocycles. The molecular weight excluding hydrogens is 325 g/mol. The molecule has 0 bridgehead atoms. The minimum atomic E-state index is -0.0714. The first kappa shape index (κ1) is 15.2. The number of carbonyl (C=O) groups excluding carboxylic acids is 1. The molecule has 1 aliphatic rings. The number of amides is 1. The van der Waals surface area contributed by atoms with Crippen LogP contribution in [0.4, 0.5) is 0 Å². The van der Waals surface area contributed by atoms with E-state index in [1.807, 2.05) is 11.6 Å². The molecule has 1 aliphatic heterocycles. The zero-order chi connectivity index (χ0) is 15.7. The number of benzene rings is 1. The van der Waals surface area contributed by atoms with Crippen molar-refractivity contribution in [3.05, 3.63) is 46.0 Å². The van der Waals surface area contributed by atoms with Gasteiger partial charge in [-0.2, -0.15) is 0 Å². The number of rotatable bonds is 3. The summed E-state index contributed by atoms with van der Waals surface area (Å²) < 4.78 is 7.45. The Labute approximate surface area is 138 Å². The Morgan fingerprint density at radius 3 is 3.00 bits per heavy atom. The van der Waals surface area contributed by atoms with Crippen LogP contribution in [0.25, 0.3) is 0 Å². The first-order chi connectivity index (χ1) is 10.5. The maximum atomic E-state index is 12.3. The largest absolute Gasteiger partial charge is 0.482 e. The lowest BCUT2D eigenvalue weighted by Gasteiger charge is -2.27. The van der Waals surface area contributed by atoms with Crippen molar-refractivity contribution in [1.82, 2.24) is 14.5 Å². The van der Waals surface area contributed by atoms with Gasteiger partial charge < -0.3 is 14.2 Å². The summed E-state index contributed by atoms with van der Waals surface area (Å²) in [5.74, 6) is 0.385. The molecule has 1 aromatic heterocycles. The van der Waals surface area contributed by atoms with Crippen LogP contribution < -0.4 is 4.74 Å². The van der Waals surface area contributed by atoms with Gasteiger partial charge in [-0.1, -0.05) is 23.2 Å². The molecular formula is C15H15Cl2N3O2. The highest BCUT2D eigenvalue weighted by Crippen LogP contribution is 2.27. The van der Waals surface area contributed by atoms with Gasteiger partial charge in [0.15, 0.2) is 6.61 Å². The van der Waals surface area contributed by atoms with Gasteiger partial charge in [0.25, 0.3) is 5.91 Å². The van der Waals surface area contributed by atoms with Gasteiger partial charge in [-0.05, 0) is 18.2 Å². The van der Waals surface area contributed by atoms with Crippen molar-refractivity contribution in [2.24, 2.45) is 7.05 Å². The summed E-state index contributed by atoms with van der Waals surface area (Å²) in [6.07, 6.45) is 2.55. The van der Waals surface area contributed by atoms with E-state index in [0.29, 0.717) is 28.9 Å². The van der Waals surface area contributed by atoms with Crippen LogP contribution in [-0.2, 0) is 24.8 Å². The summed E-state index contributed by atoms with van der Waals surface area (Å²) in [6.45, 7) is 1.16. The van der Waals surface area contributed by atoms with Gasteiger partial charge in [-0.3, -0.25) is 4.79 Å². The van der Waals surface area contributed by atoms with E-state index in [0.717, 1.165) is 17.8 Å². The molecule has 22 heavy (non-hydrogen) atoms. The number of halogens is 2. The van der Waals surface area contributed by atoms with E-state index >= 15 is 0 Å². The van der Waals surface area contributed by atoms with E-state index in [1.165, 1.54) is 0 Å². The number of imidazole rings is 1. The summed E-state index contributed by atoms with van der Waals surface area (Å²) in [6, 6.07) is 4.93. The fraction of sp³-hybridized carbons (Fsp3) is 0.333. The molecule has 5 nitrogen and oxygen atoms in total. The lowest BCUT2D eigenvalue weighted by molar-refractivity contribution is -0.134. The molecule has 0 saturated carbocycles. The van der Waals surface area contributed by atoms with Crippen LogP contribution in [0.2, 0.25) is 10.0 Å². The minimum absolute atomic E-state index is 0.0471. The normalized spacial score (nSPS) is 13.9. The van der Waals surface area contributed by atoms with Gasteiger partial charge in [-0.25, -0.2) is 4.98 Å². The zero-order valence-corrected chi connectivity index (χ0v) is 13.6. The third-order valence-corrected chi connectivity index (χ3v) is 4.23. The highest BCUT2D eigenvalue weighted by atomic mass is 35.5. The van der Waals surface area contributed by atoms with E-state index in [2.05, 4.69) is 4.98 Å². The average molecular weight is 340 g/mol. The van der Waals surface area contributed by atoms with Gasteiger partial charge in [0.2, 0.25) is 0 Å². The molecule has 0 aliphatic carbocycles. The lowest BCUT2D eigenvalue weighted by atomic mass is 10.1. The number of fused-ring (bicyclic) bond motifs is 1. The molecule has 1 amide bonds. The number of aryl methyl sites for hydroxylation is 1. The van der Waals surface area contributed by atoms with E-state index < -0.39 is 0 Å². The molecule has 0 fully saturated rings. The minimum Gasteiger partial charge on any atom is -0.482 e. The van der Waals surface area contributed by atoms with Crippen LogP contribution in [0, 0.1) is 0 Å². The number of aromatic nitrogens is 2. The van der Waals surface area contributed by atoms with E-state index in [9.17, 15) is 4.79 Å². The predicted octanol–water partition coefficient (Wildman–Crippen LogP) is 2.69. The Kier molecular flexibility index (Phi) is 4.27. The number of nitrogens with zero attached hydrogens (tertiary/aromatic N) is 3. The molecule has 2 aromatic rings. The second-order valence-corrected chi connectivity index (χ2v) is 6.02. The summed E-state index contributed by atoms with van der Waals surface area (Å²) >= 11 is 11.9. The van der Waals surface area contributed by atoms with E-state index in [4.69, 9.17) is 27.9 Å². The maximum absolute atomic E-state index is 12.3. The summed E-state index contributed by atoms with van der Waals surface area (Å²) in [4.78, 5) is 18.4. The van der Waals surface area contributed by atoms with Gasteiger partial charge >= 0.3 is 0 Å². The molecule has 0 spiro atoms. The van der Waals surface area contributed by atoms with Gasteiger partial charge in [0, 0.05) is 25.0 Å². The van der Waals surface area contributed by atoms with Crippen LogP contribution >= 0.6 is 23.2 Å². The summed E-state index contributed by atoms with van der Waals surface area (Å²) in [7, 11) is 1.93. The summed E-state index contributed by atoms with van der Waals surface area (Å²) in [5.41, 5.74) is 2.14. The molecule has 0 unspecified atom stereocenters. The number of hydrogen-bond acceptors (Lipinski definition) is 3. The number of ether oxygens (including phenoxy) is 1. The Morgan fingerprint density at radius 2 is 2.23 bits per heavy atom. The Balaban J connectivity index is 1.62. The first-order valence-electron chi connectivity index (χ1n) is 6.89. The van der Waals surface area contributed by atoms with Crippen LogP contribution in [-0.4, -0.2) is 33.5 Å². The third-order valence-electron chi connectivity index (χ3n) is 3.70. The molecule has 0 radical (unpaired) electrons. The van der Waals surface area contributed by atoms with Crippen molar-refractivity contribution in [3.8, 4) is 5.75 Å². The first-order valence-corrected chi connectivity index (χ1v) is 7.65. The fourth-order valence-corrected chi connectivity index (χ4v) is 2.92. The van der Waals surface area contributed by atoms with E-state index in [1.54, 1.807) is 29.4 Å². The van der Waals surface area contributed by atoms with Crippen LogP contribution in [0.3, 0.4) is 0 Å². The topological polar surface area (TPSA) is 47.4 Å². The molecule has 0 saturated heterocycles. The molecule has 0 atom stereocenters. The van der Waals surface area contributed by atoms with Crippen molar-refractivity contribution in [1.29, 1.82) is 0 Å². The monoisotopic (exact) mass is 339 g/mol. The Hall–Kier alpha value is -1.72. The zero-order valence-electron chi connectivity index (χ0n) is 12.1. The summed E-state index contributed by atoms with van der Waals surface area (Å²) in [5, 5.41) is 0.927. The molecule has 3 rings (SSSR count). The SMILES string of the molecule is Cn1cnc2c1CN(C(=O)COc1ccc(Cl)cc1Cl)CC2. The third kappa shape index (κ3) is 3.05. The van der Waals surface area contributed by atoms with Crippen molar-refractivity contribution >= 4 is 29.1 Å². The Bertz CT molecular complexity index is 715. The van der Waals surface area contributed by atoms with E-state index in [-0.39, 0.29) is 12.5 Å². The average Bonchev–Trinajstić information content (AvgIpc) is 2.87. The molecule has 2 heterocycles. The van der Waals surface area contributed by atoms with Crippen molar-refractivity contribution in [2.45, 2.75) is 13.0 Å². The van der Waals surface area contributed by atoms with Crippen LogP contribution in [0.5, 0.6) is 5.75 Å². The highest BCUT2D eigenvalue weighted by Gasteiger charge is 2.24.